The maximum Gasteiger partial charge on any atom is 0.0439 e. The first-order valence-electron chi connectivity index (χ1n) is 1.85. The molecule has 0 aromatic rings. The van der Waals surface area contributed by atoms with Crippen molar-refractivity contribution in [2.75, 3.05) is 0 Å². The molecule has 2 heteroatoms. The maximum absolute atomic E-state index is 3.91. The largest absolute Gasteiger partial charge is 0.0696 e. The van der Waals surface area contributed by atoms with Gasteiger partial charge in [-0.15, -0.1) is 0 Å². The van der Waals surface area contributed by atoms with Crippen LogP contribution in [0.1, 0.15) is 0 Å². The minimum atomic E-state index is -0.861. The Hall–Kier alpha value is 0.905. The molecule has 0 aliphatic rings. The summed E-state index contributed by atoms with van der Waals surface area (Å²) in [7, 11) is -0.861. The zero-order valence-corrected chi connectivity index (χ0v) is 7.80. The van der Waals surface area contributed by atoms with Crippen LogP contribution in [-0.2, 0) is 21.1 Å². The van der Waals surface area contributed by atoms with E-state index in [-0.39, 0.29) is 21.1 Å². The first-order chi connectivity index (χ1) is 2.00. The average molecular weight is 282 g/mol. The van der Waals surface area contributed by atoms with E-state index < -0.39 is 8.07 Å². The normalized spacial score (nSPS) is 10.0. The summed E-state index contributed by atoms with van der Waals surface area (Å²) >= 11 is 0. The average Bonchev–Trinajstić information content (AvgIpc) is 0.722. The van der Waals surface area contributed by atoms with Crippen molar-refractivity contribution in [3.05, 3.63) is 6.55 Å². The van der Waals surface area contributed by atoms with E-state index in [1.165, 1.54) is 0 Å². The van der Waals surface area contributed by atoms with E-state index in [0.29, 0.717) is 0 Å². The van der Waals surface area contributed by atoms with E-state index in [0.717, 1.165) is 0 Å². The molecule has 0 unspecified atom stereocenters. The molecule has 0 atom stereocenters. The summed E-state index contributed by atoms with van der Waals surface area (Å²) in [5, 5.41) is 0. The molecule has 0 aromatic heterocycles. The Balaban J connectivity index is 0. The molecule has 0 aliphatic carbocycles. The number of hydrogen-bond donors (Lipinski definition) is 0. The molecule has 0 N–H and O–H groups in total. The van der Waals surface area contributed by atoms with Gasteiger partial charge in [0.25, 0.3) is 0 Å². The predicted octanol–water partition coefficient (Wildman–Crippen LogP) is 1.70. The molecule has 0 rings (SSSR count). The van der Waals surface area contributed by atoms with Crippen LogP contribution in [0, 0.1) is 6.55 Å². The van der Waals surface area contributed by atoms with E-state index in [2.05, 4.69) is 26.2 Å². The van der Waals surface area contributed by atoms with Crippen molar-refractivity contribution >= 4 is 8.07 Å². The van der Waals surface area contributed by atoms with E-state index in [9.17, 15) is 0 Å². The second kappa shape index (κ2) is 2.98. The molecule has 0 spiro atoms. The molecule has 0 fully saturated rings. The summed E-state index contributed by atoms with van der Waals surface area (Å²) in [5.74, 6) is 0. The quantitative estimate of drug-likeness (QED) is 0.593. The van der Waals surface area contributed by atoms with Gasteiger partial charge in [0.15, 0.2) is 0 Å². The van der Waals surface area contributed by atoms with Gasteiger partial charge in [0.05, 0.1) is 0 Å². The van der Waals surface area contributed by atoms with Crippen LogP contribution in [0.2, 0.25) is 19.6 Å². The van der Waals surface area contributed by atoms with Crippen LogP contribution in [0.5, 0.6) is 0 Å². The van der Waals surface area contributed by atoms with Crippen molar-refractivity contribution in [2.45, 2.75) is 19.6 Å². The van der Waals surface area contributed by atoms with Gasteiger partial charge in [-0.25, -0.2) is 0 Å². The summed E-state index contributed by atoms with van der Waals surface area (Å²) in [4.78, 5) is 0. The van der Waals surface area contributed by atoms with Crippen molar-refractivity contribution in [2.24, 2.45) is 0 Å². The SMILES string of the molecule is [CH2][Si](C)(C)C.[Pt]. The zero-order chi connectivity index (χ0) is 4.50. The topological polar surface area (TPSA) is 0 Å². The van der Waals surface area contributed by atoms with Gasteiger partial charge in [-0.1, -0.05) is 26.2 Å². The van der Waals surface area contributed by atoms with Gasteiger partial charge in [-0.05, 0) is 0 Å². The van der Waals surface area contributed by atoms with Crippen LogP contribution < -0.4 is 0 Å². The third-order valence-electron chi connectivity index (χ3n) is 0. The monoisotopic (exact) mass is 282 g/mol. The molecular formula is C4H11PtSi. The molecule has 0 aromatic carbocycles. The van der Waals surface area contributed by atoms with Crippen LogP contribution in [0.25, 0.3) is 0 Å². The summed E-state index contributed by atoms with van der Waals surface area (Å²) in [6.07, 6.45) is 0. The first-order valence-corrected chi connectivity index (χ1v) is 5.56. The molecule has 0 saturated carbocycles. The fourth-order valence-electron chi connectivity index (χ4n) is 0. The number of hydrogen-bond acceptors (Lipinski definition) is 0. The number of rotatable bonds is 0. The van der Waals surface area contributed by atoms with Gasteiger partial charge in [0, 0.05) is 29.1 Å². The van der Waals surface area contributed by atoms with E-state index in [1.807, 2.05) is 0 Å². The minimum Gasteiger partial charge on any atom is -0.0696 e. The molecule has 0 nitrogen and oxygen atoms in total. The van der Waals surface area contributed by atoms with Crippen molar-refractivity contribution in [1.29, 1.82) is 0 Å². The predicted molar refractivity (Wildman–Crippen MR) is 28.7 cm³/mol. The Morgan fingerprint density at radius 3 is 1.17 bits per heavy atom. The van der Waals surface area contributed by atoms with E-state index in [4.69, 9.17) is 0 Å². The van der Waals surface area contributed by atoms with E-state index >= 15 is 0 Å². The van der Waals surface area contributed by atoms with Crippen molar-refractivity contribution in [3.8, 4) is 0 Å². The molecule has 6 heavy (non-hydrogen) atoms. The molecule has 0 bridgehead atoms. The van der Waals surface area contributed by atoms with Gasteiger partial charge in [0.1, 0.15) is 0 Å². The third kappa shape index (κ3) is 91.3. The van der Waals surface area contributed by atoms with Gasteiger partial charge >= 0.3 is 0 Å². The smallest absolute Gasteiger partial charge is 0.0439 e. The second-order valence-electron chi connectivity index (χ2n) is 2.56. The molecule has 41 valence electrons. The Bertz CT molecular complexity index is 23.0. The van der Waals surface area contributed by atoms with Crippen molar-refractivity contribution in [1.82, 2.24) is 0 Å². The Morgan fingerprint density at radius 1 is 1.17 bits per heavy atom. The fourth-order valence-corrected chi connectivity index (χ4v) is 0. The van der Waals surface area contributed by atoms with Crippen molar-refractivity contribution in [3.63, 3.8) is 0 Å². The summed E-state index contributed by atoms with van der Waals surface area (Å²) < 4.78 is 0. The molecule has 1 radical (unpaired) electrons. The van der Waals surface area contributed by atoms with E-state index in [1.54, 1.807) is 0 Å². The Morgan fingerprint density at radius 2 is 1.17 bits per heavy atom. The van der Waals surface area contributed by atoms with Crippen molar-refractivity contribution < 1.29 is 21.1 Å². The van der Waals surface area contributed by atoms with Crippen LogP contribution in [0.15, 0.2) is 0 Å². The van der Waals surface area contributed by atoms with Gasteiger partial charge in [-0.3, -0.25) is 0 Å². The van der Waals surface area contributed by atoms with Crippen LogP contribution in [-0.4, -0.2) is 8.07 Å². The third-order valence-corrected chi connectivity index (χ3v) is 0. The zero-order valence-electron chi connectivity index (χ0n) is 4.52. The van der Waals surface area contributed by atoms with Crippen LogP contribution >= 0.6 is 0 Å². The maximum atomic E-state index is 3.91. The minimum absolute atomic E-state index is 0. The van der Waals surface area contributed by atoms with Gasteiger partial charge < -0.3 is 0 Å². The Kier molecular flexibility index (Phi) is 4.97. The summed E-state index contributed by atoms with van der Waals surface area (Å²) in [6.45, 7) is 10.6. The summed E-state index contributed by atoms with van der Waals surface area (Å²) in [6, 6.07) is 0. The molecule has 0 aliphatic heterocycles. The standard InChI is InChI=1S/C4H11Si.Pt/c1-5(2,3)4;/h1H2,2-4H3;. The Labute approximate surface area is 55.6 Å². The summed E-state index contributed by atoms with van der Waals surface area (Å²) in [5.41, 5.74) is 0. The second-order valence-corrected chi connectivity index (χ2v) is 7.68. The molecule has 0 saturated heterocycles. The fraction of sp³-hybridized carbons (Fsp3) is 0.750. The first kappa shape index (κ1) is 10.0. The van der Waals surface area contributed by atoms with Crippen LogP contribution in [0.4, 0.5) is 0 Å². The van der Waals surface area contributed by atoms with Gasteiger partial charge in [0.2, 0.25) is 0 Å². The molecule has 0 heterocycles. The molecule has 0 amide bonds. The molecular weight excluding hydrogens is 271 g/mol. The van der Waals surface area contributed by atoms with Crippen LogP contribution in [0.3, 0.4) is 0 Å². The van der Waals surface area contributed by atoms with Gasteiger partial charge in [-0.2, -0.15) is 0 Å².